The van der Waals surface area contributed by atoms with Gasteiger partial charge in [-0.25, -0.2) is 0 Å². The number of fused-ring (bicyclic) bond motifs is 1. The number of benzene rings is 2. The maximum absolute atomic E-state index is 12.3. The normalized spacial score (nSPS) is 10.5. The number of nitro benzene ring substituents is 1. The van der Waals surface area contributed by atoms with Crippen molar-refractivity contribution in [2.75, 3.05) is 5.32 Å². The van der Waals surface area contributed by atoms with Crippen LogP contribution in [0.15, 0.2) is 52.9 Å². The van der Waals surface area contributed by atoms with Crippen molar-refractivity contribution in [2.45, 2.75) is 0 Å². The van der Waals surface area contributed by atoms with Crippen molar-refractivity contribution < 1.29 is 14.1 Å². The van der Waals surface area contributed by atoms with E-state index in [9.17, 15) is 14.9 Å². The number of halogens is 1. The lowest BCUT2D eigenvalue weighted by molar-refractivity contribution is -0.384. The van der Waals surface area contributed by atoms with Gasteiger partial charge in [0.15, 0.2) is 0 Å². The van der Waals surface area contributed by atoms with E-state index in [0.717, 1.165) is 0 Å². The number of nitrogens with one attached hydrogen (secondary N) is 2. The lowest BCUT2D eigenvalue weighted by Crippen LogP contribution is -2.20. The van der Waals surface area contributed by atoms with Crippen molar-refractivity contribution >= 4 is 39.9 Å². The molecule has 8 heteroatoms. The Labute approximate surface area is 140 Å². The number of carbonyl (C=O) groups excluding carboxylic acids is 1. The highest BCUT2D eigenvalue weighted by Gasteiger charge is 2.14. The molecule has 0 radical (unpaired) electrons. The Hall–Kier alpha value is -3.19. The SMILES string of the molecule is N=c1oc2ccc([N+](=O)[O-])cc2cc1C(=O)Nc1cccc(Cl)c1. The number of rotatable bonds is 3. The fourth-order valence-electron chi connectivity index (χ4n) is 2.17. The van der Waals surface area contributed by atoms with Gasteiger partial charge in [-0.15, -0.1) is 0 Å². The van der Waals surface area contributed by atoms with Crippen LogP contribution in [0, 0.1) is 15.5 Å². The summed E-state index contributed by atoms with van der Waals surface area (Å²) in [6, 6.07) is 11.9. The van der Waals surface area contributed by atoms with Crippen molar-refractivity contribution in [3.63, 3.8) is 0 Å². The Balaban J connectivity index is 2.01. The molecule has 120 valence electrons. The highest BCUT2D eigenvalue weighted by molar-refractivity contribution is 6.31. The fourth-order valence-corrected chi connectivity index (χ4v) is 2.36. The van der Waals surface area contributed by atoms with Crippen LogP contribution in [0.2, 0.25) is 5.02 Å². The molecule has 0 saturated carbocycles. The number of hydrogen-bond acceptors (Lipinski definition) is 5. The maximum Gasteiger partial charge on any atom is 0.270 e. The number of nitrogens with zero attached hydrogens (tertiary/aromatic N) is 1. The molecule has 0 aliphatic carbocycles. The molecule has 0 atom stereocenters. The van der Waals surface area contributed by atoms with Gasteiger partial charge in [0.25, 0.3) is 11.6 Å². The average Bonchev–Trinajstić information content (AvgIpc) is 2.53. The van der Waals surface area contributed by atoms with E-state index in [0.29, 0.717) is 16.1 Å². The molecule has 0 saturated heterocycles. The van der Waals surface area contributed by atoms with Crippen molar-refractivity contribution in [3.8, 4) is 0 Å². The summed E-state index contributed by atoms with van der Waals surface area (Å²) < 4.78 is 5.27. The van der Waals surface area contributed by atoms with Crippen molar-refractivity contribution in [1.82, 2.24) is 0 Å². The van der Waals surface area contributed by atoms with Gasteiger partial charge in [0.2, 0.25) is 5.55 Å². The molecule has 3 aromatic rings. The average molecular weight is 344 g/mol. The molecular formula is C16H10ClN3O4. The summed E-state index contributed by atoms with van der Waals surface area (Å²) in [5.74, 6) is -0.570. The van der Waals surface area contributed by atoms with Gasteiger partial charge in [0.05, 0.1) is 4.92 Å². The zero-order chi connectivity index (χ0) is 17.3. The molecule has 0 spiro atoms. The fraction of sp³-hybridized carbons (Fsp3) is 0. The molecule has 2 N–H and O–H groups in total. The Kier molecular flexibility index (Phi) is 4.01. The number of amides is 1. The maximum atomic E-state index is 12.3. The Morgan fingerprint density at radius 3 is 2.71 bits per heavy atom. The number of hydrogen-bond donors (Lipinski definition) is 2. The van der Waals surface area contributed by atoms with Crippen LogP contribution in [0.3, 0.4) is 0 Å². The van der Waals surface area contributed by atoms with Crippen LogP contribution in [-0.2, 0) is 0 Å². The minimum Gasteiger partial charge on any atom is -0.438 e. The number of non-ortho nitro benzene ring substituents is 1. The first-order valence-electron chi connectivity index (χ1n) is 6.78. The topological polar surface area (TPSA) is 109 Å². The first-order chi connectivity index (χ1) is 11.4. The quantitative estimate of drug-likeness (QED) is 0.557. The Morgan fingerprint density at radius 2 is 2.00 bits per heavy atom. The molecule has 1 amide bonds. The van der Waals surface area contributed by atoms with Gasteiger partial charge in [-0.2, -0.15) is 0 Å². The van der Waals surface area contributed by atoms with Gasteiger partial charge >= 0.3 is 0 Å². The molecule has 2 aromatic carbocycles. The number of nitro groups is 1. The van der Waals surface area contributed by atoms with E-state index >= 15 is 0 Å². The molecule has 0 aliphatic heterocycles. The van der Waals surface area contributed by atoms with Crippen molar-refractivity contribution in [2.24, 2.45) is 0 Å². The summed E-state index contributed by atoms with van der Waals surface area (Å²) in [4.78, 5) is 22.6. The van der Waals surface area contributed by atoms with Gasteiger partial charge in [-0.1, -0.05) is 17.7 Å². The standard InChI is InChI=1S/C16H10ClN3O4/c17-10-2-1-3-11(8-10)19-16(21)13-7-9-6-12(20(22)23)4-5-14(9)24-15(13)18/h1-8,18H,(H,19,21). The van der Waals surface area contributed by atoms with Crippen LogP contribution in [0.1, 0.15) is 10.4 Å². The molecule has 24 heavy (non-hydrogen) atoms. The van der Waals surface area contributed by atoms with E-state index < -0.39 is 10.8 Å². The number of carbonyl (C=O) groups is 1. The van der Waals surface area contributed by atoms with Gasteiger partial charge in [-0.3, -0.25) is 20.3 Å². The van der Waals surface area contributed by atoms with Crippen LogP contribution in [0.4, 0.5) is 11.4 Å². The Bertz CT molecular complexity index is 1030. The van der Waals surface area contributed by atoms with Crippen molar-refractivity contribution in [3.05, 3.63) is 74.8 Å². The predicted octanol–water partition coefficient (Wildman–Crippen LogP) is 3.73. The largest absolute Gasteiger partial charge is 0.438 e. The van der Waals surface area contributed by atoms with Crippen LogP contribution in [-0.4, -0.2) is 10.8 Å². The minimum absolute atomic E-state index is 0.0389. The van der Waals surface area contributed by atoms with E-state index in [-0.39, 0.29) is 22.4 Å². The molecule has 7 nitrogen and oxygen atoms in total. The van der Waals surface area contributed by atoms with Crippen LogP contribution in [0.25, 0.3) is 11.0 Å². The summed E-state index contributed by atoms with van der Waals surface area (Å²) in [6.07, 6.45) is 0. The molecule has 0 bridgehead atoms. The second-order valence-corrected chi connectivity index (χ2v) is 5.37. The molecule has 3 rings (SSSR count). The monoisotopic (exact) mass is 343 g/mol. The second kappa shape index (κ2) is 6.13. The lowest BCUT2D eigenvalue weighted by atomic mass is 10.1. The predicted molar refractivity (Wildman–Crippen MR) is 88.1 cm³/mol. The summed E-state index contributed by atoms with van der Waals surface area (Å²) in [6.45, 7) is 0. The first-order valence-corrected chi connectivity index (χ1v) is 7.15. The third kappa shape index (κ3) is 3.11. The molecule has 0 aliphatic rings. The van der Waals surface area contributed by atoms with Crippen LogP contribution >= 0.6 is 11.6 Å². The van der Waals surface area contributed by atoms with Crippen molar-refractivity contribution in [1.29, 1.82) is 5.41 Å². The molecule has 1 aromatic heterocycles. The minimum atomic E-state index is -0.570. The van der Waals surface area contributed by atoms with Gasteiger partial charge in [-0.05, 0) is 30.3 Å². The summed E-state index contributed by atoms with van der Waals surface area (Å²) in [7, 11) is 0. The Morgan fingerprint density at radius 1 is 1.21 bits per heavy atom. The second-order valence-electron chi connectivity index (χ2n) is 4.93. The highest BCUT2D eigenvalue weighted by Crippen LogP contribution is 2.21. The third-order valence-electron chi connectivity index (χ3n) is 3.29. The van der Waals surface area contributed by atoms with E-state index in [1.165, 1.54) is 24.3 Å². The highest BCUT2D eigenvalue weighted by atomic mass is 35.5. The molecule has 0 fully saturated rings. The summed E-state index contributed by atoms with van der Waals surface area (Å²) in [5.41, 5.74) is 0.242. The molecule has 1 heterocycles. The van der Waals surface area contributed by atoms with E-state index in [4.69, 9.17) is 21.4 Å². The smallest absolute Gasteiger partial charge is 0.270 e. The number of anilines is 1. The summed E-state index contributed by atoms with van der Waals surface area (Å²) >= 11 is 5.86. The van der Waals surface area contributed by atoms with Crippen LogP contribution in [0.5, 0.6) is 0 Å². The van der Waals surface area contributed by atoms with Gasteiger partial charge in [0.1, 0.15) is 11.1 Å². The third-order valence-corrected chi connectivity index (χ3v) is 3.52. The molecular weight excluding hydrogens is 334 g/mol. The first kappa shape index (κ1) is 15.7. The van der Waals surface area contributed by atoms with Crippen LogP contribution < -0.4 is 10.9 Å². The zero-order valence-electron chi connectivity index (χ0n) is 12.1. The lowest BCUT2D eigenvalue weighted by Gasteiger charge is -2.06. The summed E-state index contributed by atoms with van der Waals surface area (Å²) in [5, 5.41) is 22.1. The van der Waals surface area contributed by atoms with E-state index in [1.807, 2.05) is 0 Å². The van der Waals surface area contributed by atoms with E-state index in [1.54, 1.807) is 24.3 Å². The van der Waals surface area contributed by atoms with Gasteiger partial charge in [0, 0.05) is 28.2 Å². The zero-order valence-corrected chi connectivity index (χ0v) is 12.8. The molecule has 0 unspecified atom stereocenters. The van der Waals surface area contributed by atoms with E-state index in [2.05, 4.69) is 5.32 Å². The van der Waals surface area contributed by atoms with Gasteiger partial charge < -0.3 is 9.73 Å².